The van der Waals surface area contributed by atoms with Crippen molar-refractivity contribution in [1.29, 1.82) is 0 Å². The van der Waals surface area contributed by atoms with Crippen molar-refractivity contribution in [1.82, 2.24) is 9.66 Å². The second kappa shape index (κ2) is 10.4. The van der Waals surface area contributed by atoms with E-state index in [9.17, 15) is 4.79 Å². The Bertz CT molecular complexity index is 1140. The monoisotopic (exact) mass is 583 g/mol. The predicted molar refractivity (Wildman–Crippen MR) is 132 cm³/mol. The number of ether oxygens (including phenoxy) is 2. The van der Waals surface area contributed by atoms with Crippen LogP contribution in [0.2, 0.25) is 0 Å². The summed E-state index contributed by atoms with van der Waals surface area (Å²) in [6.45, 7) is 4.59. The molecule has 0 amide bonds. The molecule has 0 saturated carbocycles. The minimum absolute atomic E-state index is 0.184. The summed E-state index contributed by atoms with van der Waals surface area (Å²) >= 11 is 5.64. The van der Waals surface area contributed by atoms with E-state index in [1.807, 2.05) is 31.2 Å². The fraction of sp³-hybridized carbons (Fsp3) is 0.318. The lowest BCUT2D eigenvalue weighted by Gasteiger charge is -2.12. The highest BCUT2D eigenvalue weighted by atomic mass is 127. The van der Waals surface area contributed by atoms with Gasteiger partial charge in [-0.15, -0.1) is 0 Å². The molecule has 6 nitrogen and oxygen atoms in total. The zero-order chi connectivity index (χ0) is 21.7. The normalized spacial score (nSPS) is 11.4. The van der Waals surface area contributed by atoms with Crippen molar-refractivity contribution in [3.05, 3.63) is 60.1 Å². The molecule has 0 saturated heterocycles. The number of halogens is 2. The fourth-order valence-electron chi connectivity index (χ4n) is 3.03. The maximum atomic E-state index is 13.2. The molecule has 1 heterocycles. The third-order valence-electron chi connectivity index (χ3n) is 4.49. The first-order valence-corrected chi connectivity index (χ1v) is 11.6. The number of fused-ring (bicyclic) bond motifs is 1. The molecule has 0 unspecified atom stereocenters. The number of hydrogen-bond donors (Lipinski definition) is 0. The smallest absolute Gasteiger partial charge is 0.282 e. The van der Waals surface area contributed by atoms with Crippen molar-refractivity contribution in [2.45, 2.75) is 33.1 Å². The summed E-state index contributed by atoms with van der Waals surface area (Å²) in [5, 5.41) is 5.03. The number of nitrogens with zero attached hydrogens (tertiary/aromatic N) is 3. The van der Waals surface area contributed by atoms with E-state index in [-0.39, 0.29) is 5.56 Å². The first kappa shape index (κ1) is 22.7. The molecule has 0 aliphatic rings. The van der Waals surface area contributed by atoms with Crippen LogP contribution >= 0.6 is 38.5 Å². The van der Waals surface area contributed by atoms with Gasteiger partial charge in [0.15, 0.2) is 11.5 Å². The van der Waals surface area contributed by atoms with Crippen molar-refractivity contribution in [2.24, 2.45) is 5.10 Å². The number of aryl methyl sites for hydroxylation is 1. The van der Waals surface area contributed by atoms with E-state index in [0.29, 0.717) is 41.3 Å². The van der Waals surface area contributed by atoms with Gasteiger partial charge in [0.25, 0.3) is 5.56 Å². The number of hydrogen-bond acceptors (Lipinski definition) is 5. The Labute approximate surface area is 197 Å². The Morgan fingerprint density at radius 1 is 1.27 bits per heavy atom. The number of aromatic nitrogens is 2. The Morgan fingerprint density at radius 2 is 2.07 bits per heavy atom. The second-order valence-corrected chi connectivity index (χ2v) is 8.70. The van der Waals surface area contributed by atoms with Gasteiger partial charge < -0.3 is 9.47 Å². The van der Waals surface area contributed by atoms with Crippen LogP contribution in [-0.4, -0.2) is 29.6 Å². The molecule has 0 bridgehead atoms. The summed E-state index contributed by atoms with van der Waals surface area (Å²) in [4.78, 5) is 17.9. The van der Waals surface area contributed by atoms with Gasteiger partial charge in [-0.3, -0.25) is 4.79 Å². The van der Waals surface area contributed by atoms with Crippen molar-refractivity contribution in [2.75, 3.05) is 13.7 Å². The topological polar surface area (TPSA) is 65.7 Å². The molecule has 30 heavy (non-hydrogen) atoms. The summed E-state index contributed by atoms with van der Waals surface area (Å²) in [5.74, 6) is 1.99. The number of methoxy groups -OCH3 is 1. The molecule has 0 spiro atoms. The minimum Gasteiger partial charge on any atom is -0.493 e. The Hall–Kier alpha value is -1.94. The van der Waals surface area contributed by atoms with Gasteiger partial charge in [-0.05, 0) is 71.8 Å². The second-order valence-electron chi connectivity index (χ2n) is 6.62. The van der Waals surface area contributed by atoms with Gasteiger partial charge in [-0.2, -0.15) is 9.78 Å². The van der Waals surface area contributed by atoms with Crippen LogP contribution in [0.1, 0.15) is 38.1 Å². The van der Waals surface area contributed by atoms with Gasteiger partial charge in [0.2, 0.25) is 0 Å². The maximum absolute atomic E-state index is 13.2. The third kappa shape index (κ3) is 5.03. The number of unbranched alkanes of at least 4 members (excludes halogenated alkanes) is 1. The van der Waals surface area contributed by atoms with Gasteiger partial charge in [0.1, 0.15) is 5.82 Å². The minimum atomic E-state index is -0.184. The summed E-state index contributed by atoms with van der Waals surface area (Å²) in [7, 11) is 1.60. The van der Waals surface area contributed by atoms with Crippen molar-refractivity contribution >= 4 is 55.6 Å². The van der Waals surface area contributed by atoms with Crippen LogP contribution in [0.15, 0.2) is 44.7 Å². The molecule has 1 aromatic heterocycles. The van der Waals surface area contributed by atoms with E-state index in [2.05, 4.69) is 50.5 Å². The van der Waals surface area contributed by atoms with Crippen LogP contribution in [-0.2, 0) is 6.42 Å². The Morgan fingerprint density at radius 3 is 2.77 bits per heavy atom. The molecule has 0 aliphatic carbocycles. The molecular weight excluding hydrogens is 561 g/mol. The predicted octanol–water partition coefficient (Wildman–Crippen LogP) is 5.40. The van der Waals surface area contributed by atoms with Crippen LogP contribution < -0.4 is 15.0 Å². The van der Waals surface area contributed by atoms with Gasteiger partial charge >= 0.3 is 0 Å². The Kier molecular flexibility index (Phi) is 7.87. The van der Waals surface area contributed by atoms with E-state index >= 15 is 0 Å². The van der Waals surface area contributed by atoms with E-state index < -0.39 is 0 Å². The fourth-order valence-corrected chi connectivity index (χ4v) is 4.18. The molecule has 0 N–H and O–H groups in total. The molecule has 3 rings (SSSR count). The van der Waals surface area contributed by atoms with Gasteiger partial charge in [0, 0.05) is 10.9 Å². The lowest BCUT2D eigenvalue weighted by atomic mass is 10.2. The van der Waals surface area contributed by atoms with Gasteiger partial charge in [-0.25, -0.2) is 4.98 Å². The molecular formula is C22H23BrIN3O3. The quantitative estimate of drug-likeness (QED) is 0.263. The Balaban J connectivity index is 2.09. The van der Waals surface area contributed by atoms with Crippen molar-refractivity contribution in [3.63, 3.8) is 0 Å². The largest absolute Gasteiger partial charge is 0.493 e. The van der Waals surface area contributed by atoms with Crippen LogP contribution in [0.25, 0.3) is 10.9 Å². The highest BCUT2D eigenvalue weighted by molar-refractivity contribution is 14.1. The van der Waals surface area contributed by atoms with Gasteiger partial charge in [-0.1, -0.05) is 29.3 Å². The van der Waals surface area contributed by atoms with Crippen LogP contribution in [0.4, 0.5) is 0 Å². The van der Waals surface area contributed by atoms with E-state index in [0.717, 1.165) is 26.4 Å². The average Bonchev–Trinajstić information content (AvgIpc) is 2.73. The molecule has 0 fully saturated rings. The average molecular weight is 584 g/mol. The highest BCUT2D eigenvalue weighted by Gasteiger charge is 2.13. The lowest BCUT2D eigenvalue weighted by molar-refractivity contribution is 0.308. The molecule has 3 aromatic rings. The number of benzene rings is 2. The summed E-state index contributed by atoms with van der Waals surface area (Å²) in [6.07, 6.45) is 4.27. The number of rotatable bonds is 8. The van der Waals surface area contributed by atoms with E-state index in [4.69, 9.17) is 14.5 Å². The van der Waals surface area contributed by atoms with Crippen LogP contribution in [0.5, 0.6) is 11.5 Å². The lowest BCUT2D eigenvalue weighted by Crippen LogP contribution is -2.22. The summed E-state index contributed by atoms with van der Waals surface area (Å²) in [5.41, 5.74) is 1.30. The van der Waals surface area contributed by atoms with E-state index in [1.165, 1.54) is 4.68 Å². The molecule has 158 valence electrons. The first-order chi connectivity index (χ1) is 14.5. The zero-order valence-electron chi connectivity index (χ0n) is 17.1. The first-order valence-electron chi connectivity index (χ1n) is 9.74. The molecule has 0 atom stereocenters. The molecule has 0 radical (unpaired) electrons. The maximum Gasteiger partial charge on any atom is 0.282 e. The molecule has 2 aromatic carbocycles. The van der Waals surface area contributed by atoms with Crippen molar-refractivity contribution < 1.29 is 9.47 Å². The zero-order valence-corrected chi connectivity index (χ0v) is 20.9. The summed E-state index contributed by atoms with van der Waals surface area (Å²) in [6, 6.07) is 9.31. The van der Waals surface area contributed by atoms with Gasteiger partial charge in [0.05, 0.1) is 34.4 Å². The van der Waals surface area contributed by atoms with Crippen LogP contribution in [0, 0.1) is 3.57 Å². The third-order valence-corrected chi connectivity index (χ3v) is 5.79. The molecule has 0 aliphatic heterocycles. The SMILES string of the molecule is CCCCc1nc2ccc(Br)cc2c(=O)n1N=Cc1cc(I)c(OCC)c(OC)c1. The summed E-state index contributed by atoms with van der Waals surface area (Å²) < 4.78 is 14.3. The van der Waals surface area contributed by atoms with Crippen LogP contribution in [0.3, 0.4) is 0 Å². The highest BCUT2D eigenvalue weighted by Crippen LogP contribution is 2.33. The molecule has 8 heteroatoms. The van der Waals surface area contributed by atoms with E-state index in [1.54, 1.807) is 19.4 Å². The van der Waals surface area contributed by atoms with Crippen molar-refractivity contribution in [3.8, 4) is 11.5 Å². The standard InChI is InChI=1S/C22H23BrIN3O3/c1-4-6-7-20-26-18-9-8-15(23)12-16(18)22(28)27(20)25-13-14-10-17(24)21(30-5-2)19(11-14)29-3/h8-13H,4-7H2,1-3H3.